The van der Waals surface area contributed by atoms with E-state index >= 15 is 0 Å². The number of aryl methyl sites for hydroxylation is 2. The molecule has 19 heteroatoms. The number of piperidine rings is 1. The van der Waals surface area contributed by atoms with Gasteiger partial charge in [-0.15, -0.1) is 5.10 Å². The molecule has 310 valence electrons. The van der Waals surface area contributed by atoms with E-state index in [9.17, 15) is 14.4 Å². The highest BCUT2D eigenvalue weighted by atomic mass is 16.5. The SMILES string of the molecule is Cc1nn(C2CCC(=O)NC2=O)c(=O)c2c(N3CCN(Cc4ccc(-c5cnc(N6CCO[C@H](Cn7nnc8nc(-c9cnn(C)c9)cnc87)C6)nc5)cc4)CC3)cccc12. The second kappa shape index (κ2) is 15.9. The quantitative estimate of drug-likeness (QED) is 0.208. The van der Waals surface area contributed by atoms with Crippen molar-refractivity contribution in [2.75, 3.05) is 55.7 Å². The van der Waals surface area contributed by atoms with Crippen LogP contribution >= 0.6 is 0 Å². The van der Waals surface area contributed by atoms with E-state index in [1.807, 2.05) is 50.8 Å². The normalized spacial score (nSPS) is 18.9. The van der Waals surface area contributed by atoms with Gasteiger partial charge in [0, 0.05) is 94.4 Å². The van der Waals surface area contributed by atoms with Crippen LogP contribution in [0, 0.1) is 6.92 Å². The van der Waals surface area contributed by atoms with Crippen molar-refractivity contribution in [3.8, 4) is 22.4 Å². The number of hydrogen-bond acceptors (Lipinski definition) is 15. The Morgan fingerprint density at radius 3 is 2.46 bits per heavy atom. The fourth-order valence-corrected chi connectivity index (χ4v) is 8.45. The lowest BCUT2D eigenvalue weighted by atomic mass is 10.0. The molecule has 0 radical (unpaired) electrons. The molecule has 1 unspecified atom stereocenters. The molecule has 2 aromatic carbocycles. The second-order valence-electron chi connectivity index (χ2n) is 15.7. The molecule has 3 aliphatic rings. The number of hydrogen-bond donors (Lipinski definition) is 1. The van der Waals surface area contributed by atoms with Crippen molar-refractivity contribution in [1.29, 1.82) is 0 Å². The maximum Gasteiger partial charge on any atom is 0.277 e. The molecule has 0 bridgehead atoms. The van der Waals surface area contributed by atoms with E-state index in [2.05, 4.69) is 74.8 Å². The van der Waals surface area contributed by atoms with E-state index in [0.717, 1.165) is 60.5 Å². The molecular weight excluding hydrogens is 779 g/mol. The fraction of sp³-hybridized carbons (Fsp3) is 0.357. The number of rotatable bonds is 9. The lowest BCUT2D eigenvalue weighted by molar-refractivity contribution is -0.136. The number of nitrogens with one attached hydrogen (secondary N) is 1. The van der Waals surface area contributed by atoms with E-state index in [4.69, 9.17) is 14.7 Å². The average molecular weight is 822 g/mol. The minimum absolute atomic E-state index is 0.165. The van der Waals surface area contributed by atoms with Crippen molar-refractivity contribution >= 4 is 45.5 Å². The molecule has 3 fully saturated rings. The number of nitrogens with zero attached hydrogens (tertiary/aromatic N) is 14. The Morgan fingerprint density at radius 1 is 0.869 bits per heavy atom. The summed E-state index contributed by atoms with van der Waals surface area (Å²) in [6.45, 7) is 8.02. The van der Waals surface area contributed by atoms with Gasteiger partial charge in [-0.2, -0.15) is 10.2 Å². The number of carbonyl (C=O) groups is 2. The smallest absolute Gasteiger partial charge is 0.277 e. The van der Waals surface area contributed by atoms with Crippen LogP contribution in [0.25, 0.3) is 44.5 Å². The zero-order valence-corrected chi connectivity index (χ0v) is 33.8. The molecule has 3 aliphatic heterocycles. The number of amides is 2. The first-order valence-electron chi connectivity index (χ1n) is 20.4. The summed E-state index contributed by atoms with van der Waals surface area (Å²) in [6.07, 6.45) is 9.32. The molecule has 5 aromatic heterocycles. The van der Waals surface area contributed by atoms with Crippen LogP contribution in [0.4, 0.5) is 11.6 Å². The predicted octanol–water partition coefficient (Wildman–Crippen LogP) is 2.30. The van der Waals surface area contributed by atoms with Crippen LogP contribution in [0.3, 0.4) is 0 Å². The van der Waals surface area contributed by atoms with Crippen LogP contribution in [0.15, 0.2) is 78.2 Å². The summed E-state index contributed by atoms with van der Waals surface area (Å²) in [6, 6.07) is 13.5. The van der Waals surface area contributed by atoms with Crippen LogP contribution < -0.4 is 20.7 Å². The third-order valence-electron chi connectivity index (χ3n) is 11.7. The summed E-state index contributed by atoms with van der Waals surface area (Å²) in [5.41, 5.74) is 6.98. The molecule has 61 heavy (non-hydrogen) atoms. The summed E-state index contributed by atoms with van der Waals surface area (Å²) in [4.78, 5) is 63.8. The first-order valence-corrected chi connectivity index (χ1v) is 20.4. The zero-order valence-electron chi connectivity index (χ0n) is 33.8. The molecule has 8 heterocycles. The van der Waals surface area contributed by atoms with Gasteiger partial charge in [-0.1, -0.05) is 41.6 Å². The van der Waals surface area contributed by atoms with E-state index in [0.29, 0.717) is 60.3 Å². The number of benzene rings is 2. The van der Waals surface area contributed by atoms with Gasteiger partial charge in [0.1, 0.15) is 6.04 Å². The molecule has 1 N–H and O–H groups in total. The van der Waals surface area contributed by atoms with Crippen molar-refractivity contribution < 1.29 is 14.3 Å². The molecule has 0 spiro atoms. The highest BCUT2D eigenvalue weighted by molar-refractivity contribution is 6.00. The first kappa shape index (κ1) is 38.2. The minimum Gasteiger partial charge on any atom is -0.373 e. The summed E-state index contributed by atoms with van der Waals surface area (Å²) in [5, 5.41) is 21.0. The van der Waals surface area contributed by atoms with E-state index < -0.39 is 11.9 Å². The van der Waals surface area contributed by atoms with Crippen molar-refractivity contribution in [3.05, 3.63) is 95.1 Å². The van der Waals surface area contributed by atoms with Gasteiger partial charge in [-0.05, 0) is 30.5 Å². The van der Waals surface area contributed by atoms with E-state index in [1.54, 1.807) is 21.8 Å². The second-order valence-corrected chi connectivity index (χ2v) is 15.7. The number of fused-ring (bicyclic) bond motifs is 2. The topological polar surface area (TPSA) is 200 Å². The maximum atomic E-state index is 13.9. The first-order chi connectivity index (χ1) is 29.7. The Hall–Kier alpha value is -6.99. The number of ether oxygens (including phenoxy) is 1. The summed E-state index contributed by atoms with van der Waals surface area (Å²) in [7, 11) is 1.86. The van der Waals surface area contributed by atoms with Crippen LogP contribution in [-0.2, 0) is 34.5 Å². The highest BCUT2D eigenvalue weighted by Gasteiger charge is 2.31. The third-order valence-corrected chi connectivity index (χ3v) is 11.7. The lowest BCUT2D eigenvalue weighted by Gasteiger charge is -2.36. The Kier molecular flexibility index (Phi) is 9.95. The largest absolute Gasteiger partial charge is 0.373 e. The molecule has 0 aliphatic carbocycles. The predicted molar refractivity (Wildman–Crippen MR) is 224 cm³/mol. The number of carbonyl (C=O) groups excluding carboxylic acids is 2. The van der Waals surface area contributed by atoms with Gasteiger partial charge in [0.25, 0.3) is 11.5 Å². The van der Waals surface area contributed by atoms with Crippen LogP contribution in [0.2, 0.25) is 0 Å². The van der Waals surface area contributed by atoms with Gasteiger partial charge < -0.3 is 14.5 Å². The number of anilines is 2. The van der Waals surface area contributed by atoms with Crippen LogP contribution in [0.1, 0.15) is 30.1 Å². The van der Waals surface area contributed by atoms with Gasteiger partial charge >= 0.3 is 0 Å². The van der Waals surface area contributed by atoms with Gasteiger partial charge in [-0.3, -0.25) is 29.3 Å². The summed E-state index contributed by atoms with van der Waals surface area (Å²) < 4.78 is 10.8. The average Bonchev–Trinajstić information content (AvgIpc) is 3.91. The fourth-order valence-electron chi connectivity index (χ4n) is 8.45. The summed E-state index contributed by atoms with van der Waals surface area (Å²) >= 11 is 0. The number of morpholine rings is 1. The monoisotopic (exact) mass is 821 g/mol. The van der Waals surface area contributed by atoms with Gasteiger partial charge in [0.2, 0.25) is 17.5 Å². The summed E-state index contributed by atoms with van der Waals surface area (Å²) in [5.74, 6) is -0.172. The van der Waals surface area contributed by atoms with Crippen molar-refractivity contribution in [1.82, 2.24) is 64.7 Å². The molecular formula is C42H43N15O4. The standard InChI is InChI=1S/C42H43N15O4/c1-26-32-4-3-5-34(37(32)41(60)57(50-26)35-10-11-36(58)48-40(35)59)54-14-12-53(13-15-54)22-27-6-8-28(9-7-27)29-18-44-42(45-19-29)55-16-17-61-31(24-55)25-56-39-38(49-51-56)47-33(21-43-39)30-20-46-52(2)23-30/h3-9,18-21,23,31,35H,10-17,22,24-25H2,1-2H3,(H,48,58,59)/t31-,35?/m0/s1. The molecule has 2 atom stereocenters. The minimum atomic E-state index is -0.815. The van der Waals surface area contributed by atoms with Crippen LogP contribution in [0.5, 0.6) is 0 Å². The van der Waals surface area contributed by atoms with Crippen LogP contribution in [-0.4, -0.2) is 123 Å². The van der Waals surface area contributed by atoms with Gasteiger partial charge in [0.05, 0.1) is 54.1 Å². The Bertz CT molecular complexity index is 2830. The molecule has 7 aromatic rings. The molecule has 2 amide bonds. The molecule has 19 nitrogen and oxygen atoms in total. The van der Waals surface area contributed by atoms with Gasteiger partial charge in [-0.25, -0.2) is 29.3 Å². The van der Waals surface area contributed by atoms with Gasteiger partial charge in [0.15, 0.2) is 5.65 Å². The number of piperazine rings is 1. The third kappa shape index (κ3) is 7.57. The lowest BCUT2D eigenvalue weighted by Crippen LogP contribution is -2.47. The zero-order chi connectivity index (χ0) is 41.6. The Labute approximate surface area is 349 Å². The maximum absolute atomic E-state index is 13.9. The van der Waals surface area contributed by atoms with Crippen molar-refractivity contribution in [2.24, 2.45) is 7.05 Å². The van der Waals surface area contributed by atoms with Crippen molar-refractivity contribution in [3.63, 3.8) is 0 Å². The van der Waals surface area contributed by atoms with E-state index in [1.165, 1.54) is 10.2 Å². The number of aromatic nitrogens is 11. The molecule has 10 rings (SSSR count). The highest BCUT2D eigenvalue weighted by Crippen LogP contribution is 2.29. The Morgan fingerprint density at radius 2 is 1.69 bits per heavy atom. The number of imide groups is 1. The van der Waals surface area contributed by atoms with Crippen molar-refractivity contribution in [2.45, 2.75) is 45.0 Å². The van der Waals surface area contributed by atoms with E-state index in [-0.39, 0.29) is 30.4 Å². The Balaban J connectivity index is 0.749. The molecule has 3 saturated heterocycles. The molecule has 0 saturated carbocycles.